The van der Waals surface area contributed by atoms with E-state index >= 15 is 0 Å². The summed E-state index contributed by atoms with van der Waals surface area (Å²) in [6.07, 6.45) is 0. The first-order valence-electron chi connectivity index (χ1n) is 6.64. The maximum Gasteiger partial charge on any atom is 0.337 e. The Bertz CT molecular complexity index is 611. The lowest BCUT2D eigenvalue weighted by Crippen LogP contribution is -2.43. The monoisotopic (exact) mass is 314 g/mol. The molecule has 0 radical (unpaired) electrons. The van der Waals surface area contributed by atoms with E-state index in [1.807, 2.05) is 13.8 Å². The van der Waals surface area contributed by atoms with Gasteiger partial charge in [0.15, 0.2) is 0 Å². The molecule has 1 atom stereocenters. The van der Waals surface area contributed by atoms with E-state index in [2.05, 4.69) is 9.46 Å². The van der Waals surface area contributed by atoms with Gasteiger partial charge in [-0.1, -0.05) is 19.9 Å². The van der Waals surface area contributed by atoms with Gasteiger partial charge in [-0.25, -0.2) is 17.9 Å². The van der Waals surface area contributed by atoms with Crippen LogP contribution < -0.4 is 10.5 Å². The number of esters is 1. The van der Waals surface area contributed by atoms with Crippen molar-refractivity contribution in [1.29, 1.82) is 0 Å². The lowest BCUT2D eigenvalue weighted by molar-refractivity contribution is 0.0600. The van der Waals surface area contributed by atoms with Crippen LogP contribution in [-0.4, -0.2) is 34.1 Å². The van der Waals surface area contributed by atoms with Crippen molar-refractivity contribution >= 4 is 16.0 Å². The molecule has 1 aromatic rings. The Morgan fingerprint density at radius 3 is 2.48 bits per heavy atom. The van der Waals surface area contributed by atoms with E-state index in [0.29, 0.717) is 5.56 Å². The van der Waals surface area contributed by atoms with Gasteiger partial charge in [0.25, 0.3) is 0 Å². The average molecular weight is 314 g/mol. The van der Waals surface area contributed by atoms with Gasteiger partial charge < -0.3 is 10.5 Å². The Morgan fingerprint density at radius 1 is 1.38 bits per heavy atom. The van der Waals surface area contributed by atoms with E-state index < -0.39 is 16.0 Å². The number of nitrogens with one attached hydrogen (secondary N) is 1. The summed E-state index contributed by atoms with van der Waals surface area (Å²) in [5.41, 5.74) is 6.34. The molecule has 21 heavy (non-hydrogen) atoms. The number of methoxy groups -OCH3 is 1. The summed E-state index contributed by atoms with van der Waals surface area (Å²) in [7, 11) is -2.50. The number of benzene rings is 1. The van der Waals surface area contributed by atoms with Crippen LogP contribution in [-0.2, 0) is 14.8 Å². The number of carbonyl (C=O) groups excluding carboxylic acids is 1. The predicted molar refractivity (Wildman–Crippen MR) is 80.5 cm³/mol. The molecule has 0 saturated heterocycles. The summed E-state index contributed by atoms with van der Waals surface area (Å²) in [5, 5.41) is 0. The number of ether oxygens (including phenoxy) is 1. The van der Waals surface area contributed by atoms with Crippen LogP contribution in [0.25, 0.3) is 0 Å². The number of rotatable bonds is 6. The molecule has 1 unspecified atom stereocenters. The van der Waals surface area contributed by atoms with Gasteiger partial charge in [-0.3, -0.25) is 0 Å². The highest BCUT2D eigenvalue weighted by atomic mass is 32.2. The third-order valence-electron chi connectivity index (χ3n) is 3.26. The third kappa shape index (κ3) is 4.26. The molecule has 0 heterocycles. The molecule has 6 nitrogen and oxygen atoms in total. The maximum atomic E-state index is 12.5. The summed E-state index contributed by atoms with van der Waals surface area (Å²) < 4.78 is 32.1. The van der Waals surface area contributed by atoms with Gasteiger partial charge >= 0.3 is 5.97 Å². The molecule has 0 aliphatic carbocycles. The smallest absolute Gasteiger partial charge is 0.337 e. The minimum atomic E-state index is -3.75. The number of hydrogen-bond acceptors (Lipinski definition) is 5. The highest BCUT2D eigenvalue weighted by Crippen LogP contribution is 2.19. The summed E-state index contributed by atoms with van der Waals surface area (Å²) in [4.78, 5) is 11.6. The van der Waals surface area contributed by atoms with Crippen LogP contribution in [0.2, 0.25) is 0 Å². The zero-order valence-corrected chi connectivity index (χ0v) is 13.5. The first kappa shape index (κ1) is 17.6. The molecule has 0 spiro atoms. The summed E-state index contributed by atoms with van der Waals surface area (Å²) >= 11 is 0. The molecule has 0 fully saturated rings. The topological polar surface area (TPSA) is 98.5 Å². The van der Waals surface area contributed by atoms with E-state index in [-0.39, 0.29) is 29.0 Å². The van der Waals surface area contributed by atoms with Gasteiger partial charge in [-0.2, -0.15) is 0 Å². The highest BCUT2D eigenvalue weighted by Gasteiger charge is 2.24. The lowest BCUT2D eigenvalue weighted by Gasteiger charge is -2.21. The van der Waals surface area contributed by atoms with E-state index in [1.54, 1.807) is 13.0 Å². The van der Waals surface area contributed by atoms with Crippen LogP contribution in [0, 0.1) is 12.8 Å². The second kappa shape index (κ2) is 7.02. The van der Waals surface area contributed by atoms with Crippen molar-refractivity contribution in [3.05, 3.63) is 29.3 Å². The molecule has 1 aromatic carbocycles. The molecule has 0 aliphatic heterocycles. The van der Waals surface area contributed by atoms with E-state index in [0.717, 1.165) is 0 Å². The normalized spacial score (nSPS) is 13.2. The van der Waals surface area contributed by atoms with E-state index in [1.165, 1.54) is 19.2 Å². The van der Waals surface area contributed by atoms with Crippen LogP contribution in [0.1, 0.15) is 29.8 Å². The number of hydrogen-bond donors (Lipinski definition) is 2. The molecule has 0 bridgehead atoms. The largest absolute Gasteiger partial charge is 0.465 e. The van der Waals surface area contributed by atoms with Gasteiger partial charge in [0.1, 0.15) is 0 Å². The van der Waals surface area contributed by atoms with E-state index in [4.69, 9.17) is 5.73 Å². The van der Waals surface area contributed by atoms with Crippen LogP contribution in [0.5, 0.6) is 0 Å². The Kier molecular flexibility index (Phi) is 5.88. The number of aryl methyl sites for hydroxylation is 1. The molecule has 1 rings (SSSR count). The van der Waals surface area contributed by atoms with Crippen LogP contribution >= 0.6 is 0 Å². The van der Waals surface area contributed by atoms with Crippen molar-refractivity contribution in [2.75, 3.05) is 13.7 Å². The van der Waals surface area contributed by atoms with Gasteiger partial charge in [-0.05, 0) is 30.5 Å². The first-order valence-corrected chi connectivity index (χ1v) is 8.12. The van der Waals surface area contributed by atoms with Gasteiger partial charge in [0.05, 0.1) is 17.6 Å². The Balaban J connectivity index is 3.21. The zero-order valence-electron chi connectivity index (χ0n) is 12.7. The number of carbonyl (C=O) groups is 1. The molecule has 3 N–H and O–H groups in total. The SMILES string of the molecule is COC(=O)c1ccc(C)c(S(=O)(=O)NC(CN)C(C)C)c1. The minimum Gasteiger partial charge on any atom is -0.465 e. The predicted octanol–water partition coefficient (Wildman–Crippen LogP) is 1.04. The van der Waals surface area contributed by atoms with E-state index in [9.17, 15) is 13.2 Å². The van der Waals surface area contributed by atoms with Crippen LogP contribution in [0.4, 0.5) is 0 Å². The maximum absolute atomic E-state index is 12.5. The van der Waals surface area contributed by atoms with Crippen LogP contribution in [0.3, 0.4) is 0 Å². The highest BCUT2D eigenvalue weighted by molar-refractivity contribution is 7.89. The fourth-order valence-electron chi connectivity index (χ4n) is 1.85. The molecular weight excluding hydrogens is 292 g/mol. The van der Waals surface area contributed by atoms with Crippen molar-refractivity contribution < 1.29 is 17.9 Å². The Labute approximate surface area is 125 Å². The zero-order chi connectivity index (χ0) is 16.2. The van der Waals surface area contributed by atoms with Gasteiger partial charge in [0, 0.05) is 12.6 Å². The fraction of sp³-hybridized carbons (Fsp3) is 0.500. The molecule has 0 amide bonds. The molecule has 0 aliphatic rings. The average Bonchev–Trinajstić information content (AvgIpc) is 2.43. The van der Waals surface area contributed by atoms with Crippen molar-refractivity contribution in [1.82, 2.24) is 4.72 Å². The van der Waals surface area contributed by atoms with Gasteiger partial charge in [-0.15, -0.1) is 0 Å². The summed E-state index contributed by atoms with van der Waals surface area (Å²) in [5.74, 6) is -0.514. The second-order valence-corrected chi connectivity index (χ2v) is 6.86. The third-order valence-corrected chi connectivity index (χ3v) is 4.90. The molecular formula is C14H22N2O4S. The van der Waals surface area contributed by atoms with Crippen LogP contribution in [0.15, 0.2) is 23.1 Å². The summed E-state index contributed by atoms with van der Waals surface area (Å²) in [6.45, 7) is 5.64. The molecule has 0 aromatic heterocycles. The van der Waals surface area contributed by atoms with Crippen molar-refractivity contribution in [3.8, 4) is 0 Å². The fourth-order valence-corrected chi connectivity index (χ4v) is 3.52. The minimum absolute atomic E-state index is 0.0597. The van der Waals surface area contributed by atoms with Gasteiger partial charge in [0.2, 0.25) is 10.0 Å². The number of sulfonamides is 1. The van der Waals surface area contributed by atoms with Crippen molar-refractivity contribution in [2.45, 2.75) is 31.7 Å². The quantitative estimate of drug-likeness (QED) is 0.765. The molecule has 0 saturated carbocycles. The lowest BCUT2D eigenvalue weighted by atomic mass is 10.1. The summed E-state index contributed by atoms with van der Waals surface area (Å²) in [6, 6.07) is 4.06. The number of nitrogens with two attached hydrogens (primary N) is 1. The standard InChI is InChI=1S/C14H22N2O4S/c1-9(2)12(8-15)16-21(18,19)13-7-11(14(17)20-4)6-5-10(13)3/h5-7,9,12,16H,8,15H2,1-4H3. The van der Waals surface area contributed by atoms with Crippen molar-refractivity contribution in [2.24, 2.45) is 11.7 Å². The Morgan fingerprint density at radius 2 is 2.00 bits per heavy atom. The molecule has 7 heteroatoms. The first-order chi connectivity index (χ1) is 9.72. The second-order valence-electron chi connectivity index (χ2n) is 5.18. The molecule has 118 valence electrons. The Hall–Kier alpha value is -1.44. The van der Waals surface area contributed by atoms with Crippen molar-refractivity contribution in [3.63, 3.8) is 0 Å².